The van der Waals surface area contributed by atoms with Crippen molar-refractivity contribution in [3.8, 4) is 11.8 Å². The Labute approximate surface area is 146 Å². The predicted octanol–water partition coefficient (Wildman–Crippen LogP) is 5.28. The quantitative estimate of drug-likeness (QED) is 0.420. The summed E-state index contributed by atoms with van der Waals surface area (Å²) in [5.41, 5.74) is 1.59. The van der Waals surface area contributed by atoms with E-state index in [0.29, 0.717) is 0 Å². The van der Waals surface area contributed by atoms with Gasteiger partial charge in [0.05, 0.1) is 5.41 Å². The Kier molecular flexibility index (Phi) is 6.67. The first kappa shape index (κ1) is 18.3. The molecule has 24 heavy (non-hydrogen) atoms. The topological polar surface area (TPSA) is 26.3 Å². The lowest BCUT2D eigenvalue weighted by Crippen LogP contribution is -2.29. The third-order valence-corrected chi connectivity index (χ3v) is 4.12. The van der Waals surface area contributed by atoms with Crippen LogP contribution in [-0.4, -0.2) is 12.1 Å². The molecule has 0 aliphatic heterocycles. The lowest BCUT2D eigenvalue weighted by Gasteiger charge is -2.23. The average Bonchev–Trinajstić information content (AvgIpc) is 2.51. The maximum Gasteiger partial charge on any atom is 0.312 e. The van der Waals surface area contributed by atoms with Crippen LogP contribution in [0.5, 0.6) is 0 Å². The van der Waals surface area contributed by atoms with E-state index in [-0.39, 0.29) is 5.97 Å². The first-order valence-electron chi connectivity index (χ1n) is 8.93. The molecule has 0 amide bonds. The van der Waals surface area contributed by atoms with Gasteiger partial charge >= 0.3 is 5.97 Å². The maximum atomic E-state index is 12.4. The average molecular weight is 324 g/mol. The van der Waals surface area contributed by atoms with Crippen LogP contribution in [0, 0.1) is 17.3 Å². The first-order chi connectivity index (χ1) is 11.5. The molecule has 2 rings (SSSR count). The first-order valence-corrected chi connectivity index (χ1v) is 8.93. The summed E-state index contributed by atoms with van der Waals surface area (Å²) in [6.07, 6.45) is 8.68. The summed E-state index contributed by atoms with van der Waals surface area (Å²) >= 11 is 0. The van der Waals surface area contributed by atoms with Crippen molar-refractivity contribution in [3.05, 3.63) is 47.5 Å². The molecule has 1 aromatic rings. The standard InChI is InChI=1S/C22H28O2/c1-22(2,3)21(23)24-20(17-16-18-12-8-7-9-13-18)19-14-10-5-4-6-11-15-19/h7-9,12-14,20H,4-6,10-11,15H2,1-3H3/b19-14+. The van der Waals surface area contributed by atoms with Crippen LogP contribution in [0.1, 0.15) is 64.9 Å². The molecule has 2 nitrogen and oxygen atoms in total. The van der Waals surface area contributed by atoms with E-state index in [4.69, 9.17) is 4.74 Å². The van der Waals surface area contributed by atoms with Crippen molar-refractivity contribution in [2.45, 2.75) is 65.4 Å². The lowest BCUT2D eigenvalue weighted by molar-refractivity contribution is -0.154. The van der Waals surface area contributed by atoms with Gasteiger partial charge in [-0.15, -0.1) is 0 Å². The van der Waals surface area contributed by atoms with E-state index >= 15 is 0 Å². The van der Waals surface area contributed by atoms with Crippen molar-refractivity contribution in [1.82, 2.24) is 0 Å². The van der Waals surface area contributed by atoms with Crippen LogP contribution in [0.25, 0.3) is 0 Å². The lowest BCUT2D eigenvalue weighted by atomic mass is 9.94. The highest BCUT2D eigenvalue weighted by atomic mass is 16.5. The molecule has 0 bridgehead atoms. The highest BCUT2D eigenvalue weighted by molar-refractivity contribution is 5.76. The molecule has 1 aliphatic carbocycles. The molecule has 2 heteroatoms. The fourth-order valence-electron chi connectivity index (χ4n) is 2.61. The van der Waals surface area contributed by atoms with Crippen molar-refractivity contribution < 1.29 is 9.53 Å². The van der Waals surface area contributed by atoms with Gasteiger partial charge in [-0.05, 0) is 70.1 Å². The Morgan fingerprint density at radius 2 is 1.79 bits per heavy atom. The van der Waals surface area contributed by atoms with Crippen molar-refractivity contribution in [2.24, 2.45) is 5.41 Å². The molecule has 0 spiro atoms. The summed E-state index contributed by atoms with van der Waals surface area (Å²) in [5, 5.41) is 0. The number of hydrogen-bond donors (Lipinski definition) is 0. The third-order valence-electron chi connectivity index (χ3n) is 4.12. The van der Waals surface area contributed by atoms with E-state index in [1.165, 1.54) is 19.3 Å². The normalized spacial score (nSPS) is 18.9. The van der Waals surface area contributed by atoms with Gasteiger partial charge in [-0.3, -0.25) is 4.79 Å². The number of benzene rings is 1. The van der Waals surface area contributed by atoms with E-state index in [1.54, 1.807) is 0 Å². The summed E-state index contributed by atoms with van der Waals surface area (Å²) in [6, 6.07) is 9.86. The van der Waals surface area contributed by atoms with Crippen molar-refractivity contribution in [3.63, 3.8) is 0 Å². The zero-order chi connectivity index (χ0) is 17.4. The number of rotatable bonds is 2. The van der Waals surface area contributed by atoms with Crippen LogP contribution >= 0.6 is 0 Å². The van der Waals surface area contributed by atoms with E-state index in [9.17, 15) is 4.79 Å². The Morgan fingerprint density at radius 1 is 1.08 bits per heavy atom. The van der Waals surface area contributed by atoms with Gasteiger partial charge < -0.3 is 4.74 Å². The maximum absolute atomic E-state index is 12.4. The number of esters is 1. The largest absolute Gasteiger partial charge is 0.444 e. The van der Waals surface area contributed by atoms with Gasteiger partial charge in [0.2, 0.25) is 0 Å². The highest BCUT2D eigenvalue weighted by Gasteiger charge is 2.27. The zero-order valence-corrected chi connectivity index (χ0v) is 15.1. The molecule has 0 N–H and O–H groups in total. The van der Waals surface area contributed by atoms with Crippen molar-refractivity contribution in [2.75, 3.05) is 0 Å². The van der Waals surface area contributed by atoms with Crippen molar-refractivity contribution in [1.29, 1.82) is 0 Å². The van der Waals surface area contributed by atoms with Crippen LogP contribution in [0.15, 0.2) is 42.0 Å². The molecule has 1 aromatic carbocycles. The Balaban J connectivity index is 2.23. The molecule has 128 valence electrons. The van der Waals surface area contributed by atoms with Crippen LogP contribution in [0.4, 0.5) is 0 Å². The second-order valence-electron chi connectivity index (χ2n) is 7.40. The molecule has 0 saturated heterocycles. The fourth-order valence-corrected chi connectivity index (χ4v) is 2.61. The summed E-state index contributed by atoms with van der Waals surface area (Å²) in [5.74, 6) is 6.17. The molecule has 0 radical (unpaired) electrons. The monoisotopic (exact) mass is 324 g/mol. The Morgan fingerprint density at radius 3 is 2.50 bits per heavy atom. The van der Waals surface area contributed by atoms with E-state index in [1.807, 2.05) is 51.1 Å². The van der Waals surface area contributed by atoms with Gasteiger partial charge in [0.1, 0.15) is 0 Å². The van der Waals surface area contributed by atoms with Crippen molar-refractivity contribution >= 4 is 5.97 Å². The molecular weight excluding hydrogens is 296 g/mol. The van der Waals surface area contributed by atoms with Crippen LogP contribution in [-0.2, 0) is 9.53 Å². The molecule has 1 unspecified atom stereocenters. The third kappa shape index (κ3) is 5.89. The Hall–Kier alpha value is -2.01. The zero-order valence-electron chi connectivity index (χ0n) is 15.1. The number of ether oxygens (including phenoxy) is 1. The number of carbonyl (C=O) groups is 1. The van der Waals surface area contributed by atoms with E-state index in [2.05, 4.69) is 17.9 Å². The van der Waals surface area contributed by atoms with Crippen LogP contribution < -0.4 is 0 Å². The summed E-state index contributed by atoms with van der Waals surface area (Å²) in [4.78, 5) is 12.4. The molecule has 0 heterocycles. The minimum absolute atomic E-state index is 0.196. The minimum Gasteiger partial charge on any atom is -0.444 e. The number of allylic oxidation sites excluding steroid dienone is 1. The molecule has 0 saturated carbocycles. The summed E-state index contributed by atoms with van der Waals surface area (Å²) in [6.45, 7) is 5.64. The molecule has 0 aromatic heterocycles. The summed E-state index contributed by atoms with van der Waals surface area (Å²) < 4.78 is 5.79. The van der Waals surface area contributed by atoms with E-state index < -0.39 is 11.5 Å². The van der Waals surface area contributed by atoms with Gasteiger partial charge in [0.15, 0.2) is 6.10 Å². The van der Waals surface area contributed by atoms with Gasteiger partial charge in [-0.2, -0.15) is 0 Å². The summed E-state index contributed by atoms with van der Waals surface area (Å²) in [7, 11) is 0. The van der Waals surface area contributed by atoms with Gasteiger partial charge in [0, 0.05) is 5.56 Å². The molecule has 1 atom stereocenters. The van der Waals surface area contributed by atoms with Crippen LogP contribution in [0.2, 0.25) is 0 Å². The SMILES string of the molecule is CC(C)(C)C(=O)OC(C#Cc1ccccc1)/C1=C/CCCCCC1. The predicted molar refractivity (Wildman–Crippen MR) is 98.4 cm³/mol. The fraction of sp³-hybridized carbons (Fsp3) is 0.500. The van der Waals surface area contributed by atoms with Gasteiger partial charge in [-0.1, -0.05) is 43.0 Å². The second-order valence-corrected chi connectivity index (χ2v) is 7.40. The minimum atomic E-state index is -0.519. The highest BCUT2D eigenvalue weighted by Crippen LogP contribution is 2.24. The molecule has 1 aliphatic rings. The number of carbonyl (C=O) groups excluding carboxylic acids is 1. The second kappa shape index (κ2) is 8.73. The smallest absolute Gasteiger partial charge is 0.312 e. The van der Waals surface area contributed by atoms with Gasteiger partial charge in [-0.25, -0.2) is 0 Å². The van der Waals surface area contributed by atoms with E-state index in [0.717, 1.165) is 30.4 Å². The van der Waals surface area contributed by atoms with Crippen LogP contribution in [0.3, 0.4) is 0 Å². The molecule has 0 fully saturated rings. The molecular formula is C22H28O2. The van der Waals surface area contributed by atoms with Gasteiger partial charge in [0.25, 0.3) is 0 Å². The Bertz CT molecular complexity index is 623. The number of hydrogen-bond acceptors (Lipinski definition) is 2.